The fourth-order valence-corrected chi connectivity index (χ4v) is 2.26. The van der Waals surface area contributed by atoms with E-state index < -0.39 is 5.97 Å². The number of esters is 1. The highest BCUT2D eigenvalue weighted by Gasteiger charge is 2.05. The van der Waals surface area contributed by atoms with E-state index in [4.69, 9.17) is 9.47 Å². The first kappa shape index (κ1) is 16.4. The largest absolute Gasteiger partial charge is 0.497 e. The fraction of sp³-hybridized carbons (Fsp3) is 0.105. The van der Waals surface area contributed by atoms with Crippen LogP contribution in [-0.4, -0.2) is 22.6 Å². The molecule has 2 aromatic carbocycles. The molecule has 0 saturated carbocycles. The third-order valence-electron chi connectivity index (χ3n) is 3.61. The number of hydrogen-bond acceptors (Lipinski definition) is 5. The number of hydrogen-bond donors (Lipinski definition) is 0. The molecular weight excluding hydrogens is 320 g/mol. The normalized spacial score (nSPS) is 10.9. The summed E-state index contributed by atoms with van der Waals surface area (Å²) in [5, 5.41) is 0.481. The molecule has 1 aromatic heterocycles. The van der Waals surface area contributed by atoms with Crippen molar-refractivity contribution in [2.24, 2.45) is 0 Å². The maximum Gasteiger partial charge on any atom is 0.332 e. The highest BCUT2D eigenvalue weighted by Crippen LogP contribution is 2.12. The van der Waals surface area contributed by atoms with E-state index in [0.717, 1.165) is 11.3 Å². The van der Waals surface area contributed by atoms with Gasteiger partial charge in [-0.25, -0.2) is 9.78 Å². The first-order valence-electron chi connectivity index (χ1n) is 7.60. The van der Waals surface area contributed by atoms with Gasteiger partial charge in [0.15, 0.2) is 6.73 Å². The number of methoxy groups -OCH3 is 1. The quantitative estimate of drug-likeness (QED) is 0.529. The molecule has 0 radical (unpaired) electrons. The summed E-state index contributed by atoms with van der Waals surface area (Å²) in [5.74, 6) is 0.193. The number of rotatable bonds is 5. The van der Waals surface area contributed by atoms with Crippen molar-refractivity contribution in [1.82, 2.24) is 9.55 Å². The van der Waals surface area contributed by atoms with Crippen LogP contribution in [0.25, 0.3) is 17.0 Å². The third-order valence-corrected chi connectivity index (χ3v) is 3.61. The van der Waals surface area contributed by atoms with E-state index in [2.05, 4.69) is 4.98 Å². The van der Waals surface area contributed by atoms with E-state index >= 15 is 0 Å². The maximum absolute atomic E-state index is 12.3. The van der Waals surface area contributed by atoms with Crippen LogP contribution in [0.2, 0.25) is 0 Å². The van der Waals surface area contributed by atoms with Gasteiger partial charge in [-0.2, -0.15) is 0 Å². The van der Waals surface area contributed by atoms with E-state index in [0.29, 0.717) is 10.9 Å². The molecular formula is C19H16N2O4. The predicted molar refractivity (Wildman–Crippen MR) is 94.1 cm³/mol. The molecule has 0 atom stereocenters. The van der Waals surface area contributed by atoms with Gasteiger partial charge in [-0.1, -0.05) is 24.3 Å². The number of para-hydroxylation sites is 1. The molecule has 3 aromatic rings. The Bertz CT molecular complexity index is 975. The minimum absolute atomic E-state index is 0.192. The predicted octanol–water partition coefficient (Wildman–Crippen LogP) is 2.62. The molecule has 6 heteroatoms. The molecule has 0 aliphatic carbocycles. The Hall–Kier alpha value is -3.41. The van der Waals surface area contributed by atoms with Crippen LogP contribution in [0.15, 0.2) is 65.7 Å². The number of ether oxygens (including phenoxy) is 2. The molecule has 25 heavy (non-hydrogen) atoms. The molecule has 0 N–H and O–H groups in total. The average molecular weight is 336 g/mol. The summed E-state index contributed by atoms with van der Waals surface area (Å²) < 4.78 is 11.4. The molecule has 3 rings (SSSR count). The van der Waals surface area contributed by atoms with Crippen molar-refractivity contribution in [3.05, 3.63) is 76.9 Å². The summed E-state index contributed by atoms with van der Waals surface area (Å²) >= 11 is 0. The van der Waals surface area contributed by atoms with Gasteiger partial charge in [0, 0.05) is 6.08 Å². The zero-order chi connectivity index (χ0) is 17.6. The Morgan fingerprint density at radius 2 is 1.92 bits per heavy atom. The third kappa shape index (κ3) is 3.92. The summed E-state index contributed by atoms with van der Waals surface area (Å²) in [6, 6.07) is 14.2. The summed E-state index contributed by atoms with van der Waals surface area (Å²) in [5.41, 5.74) is 1.19. The molecule has 0 fully saturated rings. The van der Waals surface area contributed by atoms with Gasteiger partial charge < -0.3 is 9.47 Å². The lowest BCUT2D eigenvalue weighted by molar-refractivity contribution is -0.141. The van der Waals surface area contributed by atoms with Gasteiger partial charge in [-0.15, -0.1) is 0 Å². The molecule has 0 aliphatic heterocycles. The van der Waals surface area contributed by atoms with Gasteiger partial charge in [0.05, 0.1) is 18.0 Å². The smallest absolute Gasteiger partial charge is 0.332 e. The van der Waals surface area contributed by atoms with Crippen molar-refractivity contribution in [3.8, 4) is 5.75 Å². The number of carbonyl (C=O) groups is 1. The van der Waals surface area contributed by atoms with E-state index in [1.807, 2.05) is 18.2 Å². The van der Waals surface area contributed by atoms with Crippen LogP contribution in [-0.2, 0) is 16.3 Å². The first-order chi connectivity index (χ1) is 12.2. The Balaban J connectivity index is 1.65. The number of carbonyl (C=O) groups excluding carboxylic acids is 1. The minimum atomic E-state index is -0.545. The van der Waals surface area contributed by atoms with Gasteiger partial charge in [-0.3, -0.25) is 9.36 Å². The van der Waals surface area contributed by atoms with E-state index in [-0.39, 0.29) is 12.3 Å². The van der Waals surface area contributed by atoms with Gasteiger partial charge in [0.1, 0.15) is 12.1 Å². The summed E-state index contributed by atoms with van der Waals surface area (Å²) in [6.07, 6.45) is 4.30. The molecule has 1 heterocycles. The number of fused-ring (bicyclic) bond motifs is 1. The van der Waals surface area contributed by atoms with Crippen LogP contribution >= 0.6 is 0 Å². The Kier molecular flexibility index (Phi) is 4.89. The number of benzene rings is 2. The highest BCUT2D eigenvalue weighted by atomic mass is 16.5. The lowest BCUT2D eigenvalue weighted by Crippen LogP contribution is -2.22. The second-order valence-electron chi connectivity index (χ2n) is 5.24. The standard InChI is InChI=1S/C19H16N2O4/c1-24-15-9-6-14(7-10-15)8-11-18(22)25-13-21-12-20-17-5-3-2-4-16(17)19(21)23/h2-12H,13H2,1H3. The Morgan fingerprint density at radius 1 is 1.16 bits per heavy atom. The fourth-order valence-electron chi connectivity index (χ4n) is 2.26. The van der Waals surface area contributed by atoms with Crippen LogP contribution in [0.1, 0.15) is 5.56 Å². The van der Waals surface area contributed by atoms with Crippen molar-refractivity contribution in [1.29, 1.82) is 0 Å². The lowest BCUT2D eigenvalue weighted by Gasteiger charge is -2.06. The zero-order valence-corrected chi connectivity index (χ0v) is 13.6. The molecule has 0 unspecified atom stereocenters. The molecule has 126 valence electrons. The summed E-state index contributed by atoms with van der Waals surface area (Å²) in [6.45, 7) is -0.192. The maximum atomic E-state index is 12.3. The van der Waals surface area contributed by atoms with Crippen LogP contribution in [0.4, 0.5) is 0 Å². The number of nitrogens with zero attached hydrogens (tertiary/aromatic N) is 2. The molecule has 0 aliphatic rings. The Labute approximate surface area is 144 Å². The van der Waals surface area contributed by atoms with E-state index in [9.17, 15) is 9.59 Å². The average Bonchev–Trinajstić information content (AvgIpc) is 2.66. The molecule has 0 amide bonds. The summed E-state index contributed by atoms with van der Waals surface area (Å²) in [4.78, 5) is 28.3. The van der Waals surface area contributed by atoms with Crippen LogP contribution in [0.3, 0.4) is 0 Å². The van der Waals surface area contributed by atoms with Gasteiger partial charge >= 0.3 is 5.97 Å². The van der Waals surface area contributed by atoms with E-state index in [1.165, 1.54) is 17.0 Å². The molecule has 0 saturated heterocycles. The van der Waals surface area contributed by atoms with Crippen molar-refractivity contribution < 1.29 is 14.3 Å². The van der Waals surface area contributed by atoms with Crippen molar-refractivity contribution >= 4 is 22.9 Å². The van der Waals surface area contributed by atoms with Gasteiger partial charge in [0.25, 0.3) is 5.56 Å². The van der Waals surface area contributed by atoms with E-state index in [1.54, 1.807) is 43.5 Å². The van der Waals surface area contributed by atoms with Crippen LogP contribution in [0.5, 0.6) is 5.75 Å². The number of aromatic nitrogens is 2. The van der Waals surface area contributed by atoms with Crippen LogP contribution in [0, 0.1) is 0 Å². The van der Waals surface area contributed by atoms with Gasteiger partial charge in [-0.05, 0) is 35.9 Å². The zero-order valence-electron chi connectivity index (χ0n) is 13.6. The SMILES string of the molecule is COc1ccc(C=CC(=O)OCn2cnc3ccccc3c2=O)cc1. The minimum Gasteiger partial charge on any atom is -0.497 e. The lowest BCUT2D eigenvalue weighted by atomic mass is 10.2. The van der Waals surface area contributed by atoms with Crippen LogP contribution < -0.4 is 10.3 Å². The van der Waals surface area contributed by atoms with Gasteiger partial charge in [0.2, 0.25) is 0 Å². The first-order valence-corrected chi connectivity index (χ1v) is 7.60. The van der Waals surface area contributed by atoms with Crippen molar-refractivity contribution in [2.75, 3.05) is 7.11 Å². The highest BCUT2D eigenvalue weighted by molar-refractivity contribution is 5.87. The van der Waals surface area contributed by atoms with Crippen molar-refractivity contribution in [2.45, 2.75) is 6.73 Å². The topological polar surface area (TPSA) is 70.4 Å². The van der Waals surface area contributed by atoms with Crippen molar-refractivity contribution in [3.63, 3.8) is 0 Å². The second kappa shape index (κ2) is 7.44. The molecule has 0 spiro atoms. The second-order valence-corrected chi connectivity index (χ2v) is 5.24. The molecule has 6 nitrogen and oxygen atoms in total. The Morgan fingerprint density at radius 3 is 2.68 bits per heavy atom. The summed E-state index contributed by atoms with van der Waals surface area (Å²) in [7, 11) is 1.59. The monoisotopic (exact) mass is 336 g/mol. The molecule has 0 bridgehead atoms.